The first kappa shape index (κ1) is 31.4. The number of nitrogens with one attached hydrogen (secondary N) is 3. The van der Waals surface area contributed by atoms with Crippen LogP contribution in [0.15, 0.2) is 0 Å². The fraction of sp³-hybridized carbons (Fsp3) is 0.792. The van der Waals surface area contributed by atoms with Crippen LogP contribution in [0.5, 0.6) is 0 Å². The lowest BCUT2D eigenvalue weighted by Gasteiger charge is -2.13. The van der Waals surface area contributed by atoms with Gasteiger partial charge in [0.05, 0.1) is 19.5 Å². The minimum absolute atomic E-state index is 0.227. The molecule has 4 amide bonds. The van der Waals surface area contributed by atoms with Crippen LogP contribution in [0.25, 0.3) is 0 Å². The van der Waals surface area contributed by atoms with E-state index in [1.54, 1.807) is 0 Å². The smallest absolute Gasteiger partial charge is 0.326 e. The molecule has 0 aliphatic rings. The lowest BCUT2D eigenvalue weighted by Crippen LogP contribution is -2.48. The van der Waals surface area contributed by atoms with Gasteiger partial charge in [-0.2, -0.15) is 0 Å². The van der Waals surface area contributed by atoms with Crippen LogP contribution in [0.4, 0.5) is 0 Å². The predicted octanol–water partition coefficient (Wildman–Crippen LogP) is 2.14. The molecule has 0 saturated heterocycles. The molecule has 0 aliphatic carbocycles. The number of carbonyl (C=O) groups excluding carboxylic acids is 4. The van der Waals surface area contributed by atoms with Gasteiger partial charge < -0.3 is 26.8 Å². The van der Waals surface area contributed by atoms with Gasteiger partial charge in [-0.15, -0.1) is 0 Å². The van der Waals surface area contributed by atoms with Gasteiger partial charge in [-0.1, -0.05) is 84.0 Å². The van der Waals surface area contributed by atoms with E-state index in [4.69, 9.17) is 10.8 Å². The summed E-state index contributed by atoms with van der Waals surface area (Å²) in [5, 5.41) is 15.8. The van der Waals surface area contributed by atoms with Gasteiger partial charge in [-0.3, -0.25) is 19.2 Å². The second kappa shape index (κ2) is 20.9. The predicted molar refractivity (Wildman–Crippen MR) is 130 cm³/mol. The molecule has 0 rings (SSSR count). The van der Waals surface area contributed by atoms with E-state index >= 15 is 0 Å². The summed E-state index contributed by atoms with van der Waals surface area (Å²) in [6, 6.07) is -1.46. The molecule has 34 heavy (non-hydrogen) atoms. The highest BCUT2D eigenvalue weighted by atomic mass is 16.4. The van der Waals surface area contributed by atoms with Crippen molar-refractivity contribution in [2.45, 2.75) is 109 Å². The van der Waals surface area contributed by atoms with Gasteiger partial charge in [-0.25, -0.2) is 4.79 Å². The van der Waals surface area contributed by atoms with E-state index in [1.807, 2.05) is 0 Å². The molecule has 0 aromatic rings. The second-order valence-electron chi connectivity index (χ2n) is 8.67. The van der Waals surface area contributed by atoms with Crippen molar-refractivity contribution in [3.8, 4) is 0 Å². The summed E-state index contributed by atoms with van der Waals surface area (Å²) in [5.74, 6) is -3.85. The lowest BCUT2D eigenvalue weighted by molar-refractivity contribution is -0.143. The van der Waals surface area contributed by atoms with Crippen molar-refractivity contribution < 1.29 is 29.1 Å². The minimum atomic E-state index is -1.46. The average Bonchev–Trinajstić information content (AvgIpc) is 2.78. The molecular weight excluding hydrogens is 440 g/mol. The summed E-state index contributed by atoms with van der Waals surface area (Å²) in [6.45, 7) is 1.49. The Kier molecular flexibility index (Phi) is 19.3. The molecule has 0 spiro atoms. The molecule has 1 atom stereocenters. The molecule has 0 aliphatic heterocycles. The van der Waals surface area contributed by atoms with E-state index in [2.05, 4.69) is 22.9 Å². The lowest BCUT2D eigenvalue weighted by atomic mass is 10.0. The fourth-order valence-electron chi connectivity index (χ4n) is 3.46. The quantitative estimate of drug-likeness (QED) is 0.148. The zero-order valence-electron chi connectivity index (χ0n) is 20.7. The molecular formula is C24H44N4O6. The molecule has 0 saturated carbocycles. The molecule has 0 fully saturated rings. The summed E-state index contributed by atoms with van der Waals surface area (Å²) < 4.78 is 0. The van der Waals surface area contributed by atoms with Gasteiger partial charge in [0.25, 0.3) is 0 Å². The maximum Gasteiger partial charge on any atom is 0.326 e. The van der Waals surface area contributed by atoms with E-state index < -0.39 is 42.7 Å². The molecule has 0 heterocycles. The van der Waals surface area contributed by atoms with Crippen molar-refractivity contribution in [2.75, 3.05) is 13.1 Å². The molecule has 0 aromatic heterocycles. The number of aliphatic carboxylic acids is 1. The summed E-state index contributed by atoms with van der Waals surface area (Å²) in [5.41, 5.74) is 4.93. The van der Waals surface area contributed by atoms with Crippen molar-refractivity contribution in [1.29, 1.82) is 0 Å². The van der Waals surface area contributed by atoms with Crippen LogP contribution in [-0.2, 0) is 24.0 Å². The molecule has 0 unspecified atom stereocenters. The highest BCUT2D eigenvalue weighted by Gasteiger charge is 2.22. The summed E-state index contributed by atoms with van der Waals surface area (Å²) in [4.78, 5) is 57.1. The Labute approximate surface area is 203 Å². The topological polar surface area (TPSA) is 168 Å². The van der Waals surface area contributed by atoms with E-state index in [0.717, 1.165) is 19.3 Å². The van der Waals surface area contributed by atoms with Gasteiger partial charge in [-0.05, 0) is 6.42 Å². The number of primary amides is 1. The molecule has 6 N–H and O–H groups in total. The van der Waals surface area contributed by atoms with Crippen molar-refractivity contribution in [3.63, 3.8) is 0 Å². The normalized spacial score (nSPS) is 11.4. The largest absolute Gasteiger partial charge is 0.480 e. The first-order valence-corrected chi connectivity index (χ1v) is 12.6. The molecule has 196 valence electrons. The van der Waals surface area contributed by atoms with Gasteiger partial charge >= 0.3 is 5.97 Å². The van der Waals surface area contributed by atoms with Gasteiger partial charge in [0.15, 0.2) is 0 Å². The maximum atomic E-state index is 11.8. The van der Waals surface area contributed by atoms with Crippen LogP contribution in [0.2, 0.25) is 0 Å². The Morgan fingerprint density at radius 3 is 1.59 bits per heavy atom. The van der Waals surface area contributed by atoms with Crippen LogP contribution < -0.4 is 21.7 Å². The molecule has 10 nitrogen and oxygen atoms in total. The zero-order valence-corrected chi connectivity index (χ0v) is 20.7. The minimum Gasteiger partial charge on any atom is -0.480 e. The number of hydrogen-bond donors (Lipinski definition) is 5. The number of amides is 4. The van der Waals surface area contributed by atoms with Crippen molar-refractivity contribution >= 4 is 29.6 Å². The summed E-state index contributed by atoms with van der Waals surface area (Å²) >= 11 is 0. The Hall–Kier alpha value is -2.65. The number of unbranched alkanes of at least 4 members (excludes halogenated alkanes) is 12. The summed E-state index contributed by atoms with van der Waals surface area (Å²) in [7, 11) is 0. The number of nitrogens with two attached hydrogens (primary N) is 1. The van der Waals surface area contributed by atoms with Crippen molar-refractivity contribution in [3.05, 3.63) is 0 Å². The van der Waals surface area contributed by atoms with Gasteiger partial charge in [0.2, 0.25) is 23.6 Å². The number of carboxylic acids is 1. The Bertz CT molecular complexity index is 627. The van der Waals surface area contributed by atoms with Crippen LogP contribution in [0.1, 0.15) is 103 Å². The average molecular weight is 485 g/mol. The standard InChI is InChI=1S/C24H44N4O6/c1-2-3-4-5-6-7-8-9-10-11-12-13-14-15-21(30)26-17-22(31)27-18-23(32)28-19(24(33)34)16-20(25)29/h19H,2-18H2,1H3,(H2,25,29)(H,26,30)(H,27,31)(H,28,32)(H,33,34)/t19-/m0/s1. The number of hydrogen-bond acceptors (Lipinski definition) is 5. The van der Waals surface area contributed by atoms with Crippen LogP contribution in [-0.4, -0.2) is 53.8 Å². The van der Waals surface area contributed by atoms with E-state index in [0.29, 0.717) is 6.42 Å². The molecule has 0 radical (unpaired) electrons. The van der Waals surface area contributed by atoms with E-state index in [-0.39, 0.29) is 12.5 Å². The van der Waals surface area contributed by atoms with Gasteiger partial charge in [0, 0.05) is 6.42 Å². The molecule has 0 aromatic carbocycles. The van der Waals surface area contributed by atoms with Crippen LogP contribution >= 0.6 is 0 Å². The summed E-state index contributed by atoms with van der Waals surface area (Å²) in [6.07, 6.45) is 15.7. The number of rotatable bonds is 22. The maximum absolute atomic E-state index is 11.8. The molecule has 0 bridgehead atoms. The monoisotopic (exact) mass is 484 g/mol. The van der Waals surface area contributed by atoms with E-state index in [1.165, 1.54) is 64.2 Å². The van der Waals surface area contributed by atoms with Crippen LogP contribution in [0, 0.1) is 0 Å². The van der Waals surface area contributed by atoms with Crippen LogP contribution in [0.3, 0.4) is 0 Å². The SMILES string of the molecule is CCCCCCCCCCCCCCCC(=O)NCC(=O)NCC(=O)N[C@@H](CC(N)=O)C(=O)O. The first-order chi connectivity index (χ1) is 16.3. The first-order valence-electron chi connectivity index (χ1n) is 12.6. The number of carbonyl (C=O) groups is 5. The van der Waals surface area contributed by atoms with Gasteiger partial charge in [0.1, 0.15) is 6.04 Å². The molecule has 10 heteroatoms. The zero-order chi connectivity index (χ0) is 25.6. The third-order valence-electron chi connectivity index (χ3n) is 5.44. The number of carboxylic acid groups (broad SMARTS) is 1. The Morgan fingerprint density at radius 1 is 0.676 bits per heavy atom. The Balaban J connectivity index is 3.66. The highest BCUT2D eigenvalue weighted by Crippen LogP contribution is 2.12. The fourth-order valence-corrected chi connectivity index (χ4v) is 3.46. The van der Waals surface area contributed by atoms with Crippen molar-refractivity contribution in [2.24, 2.45) is 5.73 Å². The van der Waals surface area contributed by atoms with Crippen molar-refractivity contribution in [1.82, 2.24) is 16.0 Å². The highest BCUT2D eigenvalue weighted by molar-refractivity contribution is 5.91. The Morgan fingerprint density at radius 2 is 1.12 bits per heavy atom. The second-order valence-corrected chi connectivity index (χ2v) is 8.67. The van der Waals surface area contributed by atoms with E-state index in [9.17, 15) is 24.0 Å². The third kappa shape index (κ3) is 20.0. The third-order valence-corrected chi connectivity index (χ3v) is 5.44.